The standard InChI is InChI=1S/CH3BO.CH3.Al/c1-2-3;;/h1H3;1H3;/q-1;;+1. The van der Waals surface area contributed by atoms with E-state index in [9.17, 15) is 0 Å². The van der Waals surface area contributed by atoms with Crippen LogP contribution in [0.25, 0.3) is 0 Å². The molecule has 0 N–H and O–H groups in total. The Hall–Kier alpha value is 0.557. The molecular weight excluding hydrogens is 77.8 g/mol. The molecule has 0 spiro atoms. The van der Waals surface area contributed by atoms with Crippen molar-refractivity contribution in [3.63, 3.8) is 0 Å². The molecule has 0 aromatic carbocycles. The molecule has 26 valence electrons. The predicted octanol–water partition coefficient (Wildman–Crippen LogP) is 0.338. The van der Waals surface area contributed by atoms with Crippen molar-refractivity contribution in [2.24, 2.45) is 0 Å². The minimum Gasteiger partial charge on any atom is -0.577 e. The maximum absolute atomic E-state index is 4.79. The third-order valence-electron chi connectivity index (χ3n) is 0.272. The van der Waals surface area contributed by atoms with Gasteiger partial charge in [0.2, 0.25) is 0 Å². The van der Waals surface area contributed by atoms with Crippen molar-refractivity contribution in [1.82, 2.24) is 0 Å². The Balaban J connectivity index is 2.19. The molecule has 2 radical (unpaired) electrons. The molecule has 3 heteroatoms. The summed E-state index contributed by atoms with van der Waals surface area (Å²) in [7, 11) is 1.72. The quantitative estimate of drug-likeness (QED) is 0.438. The van der Waals surface area contributed by atoms with E-state index in [1.807, 2.05) is 12.6 Å². The maximum atomic E-state index is 4.79. The van der Waals surface area contributed by atoms with E-state index in [4.69, 9.17) is 3.71 Å². The molecule has 0 unspecified atom stereocenters. The first-order valence-electron chi connectivity index (χ1n) is 1.63. The van der Waals surface area contributed by atoms with Crippen molar-refractivity contribution < 1.29 is 3.71 Å². The van der Waals surface area contributed by atoms with E-state index >= 15 is 0 Å². The van der Waals surface area contributed by atoms with Crippen LogP contribution in [-0.4, -0.2) is 23.0 Å². The second kappa shape index (κ2) is 4.56. The zero-order chi connectivity index (χ0) is 4.12. The van der Waals surface area contributed by atoms with Crippen LogP contribution in [0.1, 0.15) is 0 Å². The first-order valence-corrected chi connectivity index (χ1v) is 3.25. The van der Waals surface area contributed by atoms with Gasteiger partial charge in [0.15, 0.2) is 0 Å². The van der Waals surface area contributed by atoms with Crippen molar-refractivity contribution >= 4 is 23.0 Å². The average Bonchev–Trinajstić information content (AvgIpc) is 1.41. The summed E-state index contributed by atoms with van der Waals surface area (Å²) < 4.78 is 4.79. The van der Waals surface area contributed by atoms with Crippen LogP contribution in [-0.2, 0) is 3.71 Å². The zero-order valence-electron chi connectivity index (χ0n) is 3.56. The molecule has 0 aliphatic heterocycles. The SMILES string of the molecule is C[B][O][Al][CH3]. The summed E-state index contributed by atoms with van der Waals surface area (Å²) in [5, 5.41) is 0. The topological polar surface area (TPSA) is 9.23 Å². The minimum atomic E-state index is 0.230. The van der Waals surface area contributed by atoms with E-state index in [0.29, 0.717) is 0 Å². The molecule has 0 saturated carbocycles. The van der Waals surface area contributed by atoms with Crippen molar-refractivity contribution in [2.75, 3.05) is 0 Å². The fraction of sp³-hybridized carbons (Fsp3) is 1.00. The van der Waals surface area contributed by atoms with Crippen molar-refractivity contribution in [3.8, 4) is 0 Å². The second-order valence-corrected chi connectivity index (χ2v) is 1.35. The van der Waals surface area contributed by atoms with Crippen LogP contribution < -0.4 is 0 Å². The molecule has 0 rings (SSSR count). The summed E-state index contributed by atoms with van der Waals surface area (Å²) in [6.45, 7) is 1.89. The number of hydrogen-bond donors (Lipinski definition) is 0. The van der Waals surface area contributed by atoms with E-state index in [1.54, 1.807) is 7.48 Å². The van der Waals surface area contributed by atoms with Crippen LogP contribution in [0.4, 0.5) is 0 Å². The maximum Gasteiger partial charge on any atom is 0.402 e. The molecular formula is C2H6AlBO. The van der Waals surface area contributed by atoms with Crippen LogP contribution in [0, 0.1) is 0 Å². The first-order chi connectivity index (χ1) is 2.41. The molecule has 5 heavy (non-hydrogen) atoms. The van der Waals surface area contributed by atoms with Gasteiger partial charge in [-0.15, -0.1) is 0 Å². The highest BCUT2D eigenvalue weighted by atomic mass is 27.1. The second-order valence-electron chi connectivity index (χ2n) is 0.607. The van der Waals surface area contributed by atoms with Crippen LogP contribution in [0.15, 0.2) is 0 Å². The Labute approximate surface area is 40.0 Å². The Bertz CT molecular complexity index is 17.1. The van der Waals surface area contributed by atoms with E-state index in [1.165, 1.54) is 0 Å². The summed E-state index contributed by atoms with van der Waals surface area (Å²) in [5.41, 5.74) is 0. The fourth-order valence-electron chi connectivity index (χ4n) is 0.136. The van der Waals surface area contributed by atoms with Crippen LogP contribution in [0.5, 0.6) is 0 Å². The Morgan fingerprint density at radius 2 is 2.40 bits per heavy atom. The summed E-state index contributed by atoms with van der Waals surface area (Å²) in [6, 6.07) is 0. The van der Waals surface area contributed by atoms with E-state index in [2.05, 4.69) is 0 Å². The molecule has 1 nitrogen and oxygen atoms in total. The third kappa shape index (κ3) is 4.56. The first kappa shape index (κ1) is 5.56. The normalized spacial score (nSPS) is 6.80. The van der Waals surface area contributed by atoms with Gasteiger partial charge in [-0.1, -0.05) is 12.6 Å². The number of hydrogen-bond acceptors (Lipinski definition) is 1. The molecule has 0 amide bonds. The zero-order valence-corrected chi connectivity index (χ0v) is 4.72. The lowest BCUT2D eigenvalue weighted by atomic mass is 10.1. The molecule has 0 fully saturated rings. The summed E-state index contributed by atoms with van der Waals surface area (Å²) in [6.07, 6.45) is 0. The van der Waals surface area contributed by atoms with Gasteiger partial charge in [-0.05, 0) is 0 Å². The van der Waals surface area contributed by atoms with Crippen LogP contribution in [0.3, 0.4) is 0 Å². The van der Waals surface area contributed by atoms with E-state index in [-0.39, 0.29) is 15.6 Å². The lowest BCUT2D eigenvalue weighted by Gasteiger charge is -1.83. The average molecular weight is 83.9 g/mol. The van der Waals surface area contributed by atoms with Gasteiger partial charge in [-0.3, -0.25) is 0 Å². The predicted molar refractivity (Wildman–Crippen MR) is 24.3 cm³/mol. The van der Waals surface area contributed by atoms with Gasteiger partial charge in [0, 0.05) is 0 Å². The largest absolute Gasteiger partial charge is 0.577 e. The number of rotatable bonds is 2. The lowest BCUT2D eigenvalue weighted by Crippen LogP contribution is -1.92. The summed E-state index contributed by atoms with van der Waals surface area (Å²) in [5.74, 6) is 2.04. The third-order valence-corrected chi connectivity index (χ3v) is 0.816. The van der Waals surface area contributed by atoms with Crippen LogP contribution in [0.2, 0.25) is 12.6 Å². The van der Waals surface area contributed by atoms with Crippen molar-refractivity contribution in [2.45, 2.75) is 12.6 Å². The van der Waals surface area contributed by atoms with Gasteiger partial charge in [0.25, 0.3) is 7.48 Å². The van der Waals surface area contributed by atoms with Gasteiger partial charge in [0.1, 0.15) is 0 Å². The molecule has 0 saturated heterocycles. The highest BCUT2D eigenvalue weighted by molar-refractivity contribution is 6.40. The molecule has 0 atom stereocenters. The molecule has 0 aliphatic carbocycles. The minimum absolute atomic E-state index is 0.230. The summed E-state index contributed by atoms with van der Waals surface area (Å²) in [4.78, 5) is 0. The van der Waals surface area contributed by atoms with Crippen molar-refractivity contribution in [1.29, 1.82) is 0 Å². The highest BCUT2D eigenvalue weighted by Gasteiger charge is 1.75. The fourth-order valence-corrected chi connectivity index (χ4v) is 0.408. The van der Waals surface area contributed by atoms with Gasteiger partial charge >= 0.3 is 15.6 Å². The van der Waals surface area contributed by atoms with Crippen LogP contribution >= 0.6 is 0 Å². The van der Waals surface area contributed by atoms with Gasteiger partial charge < -0.3 is 3.71 Å². The molecule has 0 heterocycles. The molecule has 0 aliphatic rings. The van der Waals surface area contributed by atoms with Crippen molar-refractivity contribution in [3.05, 3.63) is 0 Å². The van der Waals surface area contributed by atoms with E-state index < -0.39 is 0 Å². The molecule has 0 aromatic rings. The van der Waals surface area contributed by atoms with E-state index in [0.717, 1.165) is 0 Å². The molecule has 0 bridgehead atoms. The molecule has 0 aromatic heterocycles. The van der Waals surface area contributed by atoms with Gasteiger partial charge in [0.05, 0.1) is 0 Å². The Kier molecular flexibility index (Phi) is 5.07. The van der Waals surface area contributed by atoms with Gasteiger partial charge in [-0.2, -0.15) is 0 Å². The monoisotopic (exact) mass is 84.0 g/mol. The van der Waals surface area contributed by atoms with Gasteiger partial charge in [-0.25, -0.2) is 0 Å². The summed E-state index contributed by atoms with van der Waals surface area (Å²) >= 11 is 0.230. The Morgan fingerprint density at radius 1 is 1.80 bits per heavy atom. The smallest absolute Gasteiger partial charge is 0.402 e. The highest BCUT2D eigenvalue weighted by Crippen LogP contribution is 1.58. The lowest BCUT2D eigenvalue weighted by molar-refractivity contribution is 0.652. The Morgan fingerprint density at radius 3 is 2.40 bits per heavy atom.